The van der Waals surface area contributed by atoms with Crippen LogP contribution in [0.25, 0.3) is 0 Å². The largest absolute Gasteiger partial charge is 0.353 e. The zero-order chi connectivity index (χ0) is 11.7. The second-order valence-corrected chi connectivity index (χ2v) is 4.67. The Morgan fingerprint density at radius 2 is 2.35 bits per heavy atom. The standard InChI is InChI=1S/C12H17N5/c1-15-6-2-3-11(15)9-16-7-4-12(10-16)17-8-5-13-14-17/h2-3,5-6,8,12H,4,7,9-10H2,1H3. The molecular formula is C12H17N5. The zero-order valence-electron chi connectivity index (χ0n) is 10.0. The monoisotopic (exact) mass is 231 g/mol. The van der Waals surface area contributed by atoms with Crippen LogP contribution in [0.15, 0.2) is 30.7 Å². The summed E-state index contributed by atoms with van der Waals surface area (Å²) in [4.78, 5) is 2.47. The Labute approximate surface area is 101 Å². The number of likely N-dealkylation sites (tertiary alicyclic amines) is 1. The first-order valence-corrected chi connectivity index (χ1v) is 6.01. The lowest BCUT2D eigenvalue weighted by Gasteiger charge is -2.16. The maximum absolute atomic E-state index is 4.08. The molecule has 2 aromatic rings. The molecule has 0 aliphatic carbocycles. The van der Waals surface area contributed by atoms with Crippen LogP contribution in [0.5, 0.6) is 0 Å². The summed E-state index contributed by atoms with van der Waals surface area (Å²) in [6, 6.07) is 4.76. The van der Waals surface area contributed by atoms with Crippen molar-refractivity contribution in [3.8, 4) is 0 Å². The maximum Gasteiger partial charge on any atom is 0.0693 e. The van der Waals surface area contributed by atoms with Crippen LogP contribution in [-0.4, -0.2) is 37.6 Å². The molecule has 0 aromatic carbocycles. The van der Waals surface area contributed by atoms with Gasteiger partial charge < -0.3 is 4.57 Å². The van der Waals surface area contributed by atoms with Gasteiger partial charge in [-0.3, -0.25) is 4.90 Å². The Bertz CT molecular complexity index is 473. The first-order chi connectivity index (χ1) is 8.33. The van der Waals surface area contributed by atoms with Crippen LogP contribution < -0.4 is 0 Å². The van der Waals surface area contributed by atoms with Crippen LogP contribution in [0.1, 0.15) is 18.2 Å². The molecule has 0 bridgehead atoms. The highest BCUT2D eigenvalue weighted by Gasteiger charge is 2.24. The van der Waals surface area contributed by atoms with Gasteiger partial charge in [0.05, 0.1) is 12.2 Å². The van der Waals surface area contributed by atoms with Crippen molar-refractivity contribution in [2.45, 2.75) is 19.0 Å². The maximum atomic E-state index is 4.08. The van der Waals surface area contributed by atoms with Gasteiger partial charge in [0.1, 0.15) is 0 Å². The highest BCUT2D eigenvalue weighted by atomic mass is 15.4. The summed E-state index contributed by atoms with van der Waals surface area (Å²) >= 11 is 0. The third-order valence-electron chi connectivity index (χ3n) is 3.50. The molecule has 3 heterocycles. The quantitative estimate of drug-likeness (QED) is 0.793. The average Bonchev–Trinajstić information content (AvgIpc) is 3.02. The van der Waals surface area contributed by atoms with Crippen LogP contribution in [-0.2, 0) is 13.6 Å². The van der Waals surface area contributed by atoms with Crippen LogP contribution in [0.4, 0.5) is 0 Å². The van der Waals surface area contributed by atoms with Gasteiger partial charge in [-0.15, -0.1) is 5.10 Å². The molecule has 1 fully saturated rings. The second-order valence-electron chi connectivity index (χ2n) is 4.67. The van der Waals surface area contributed by atoms with Gasteiger partial charge in [0.25, 0.3) is 0 Å². The third-order valence-corrected chi connectivity index (χ3v) is 3.50. The normalized spacial score (nSPS) is 21.1. The molecule has 0 N–H and O–H groups in total. The fraction of sp³-hybridized carbons (Fsp3) is 0.500. The molecule has 0 radical (unpaired) electrons. The highest BCUT2D eigenvalue weighted by Crippen LogP contribution is 2.21. The van der Waals surface area contributed by atoms with Crippen LogP contribution in [0.2, 0.25) is 0 Å². The molecule has 0 amide bonds. The molecule has 5 nitrogen and oxygen atoms in total. The van der Waals surface area contributed by atoms with Crippen molar-refractivity contribution >= 4 is 0 Å². The van der Waals surface area contributed by atoms with Gasteiger partial charge in [0.15, 0.2) is 0 Å². The van der Waals surface area contributed by atoms with E-state index in [4.69, 9.17) is 0 Å². The van der Waals surface area contributed by atoms with E-state index in [-0.39, 0.29) is 0 Å². The molecule has 5 heteroatoms. The molecule has 1 aliphatic heterocycles. The number of aromatic nitrogens is 4. The lowest BCUT2D eigenvalue weighted by molar-refractivity contribution is 0.304. The van der Waals surface area contributed by atoms with Crippen LogP contribution >= 0.6 is 0 Å². The fourth-order valence-electron chi connectivity index (χ4n) is 2.47. The molecule has 1 aliphatic rings. The Morgan fingerprint density at radius 3 is 3.06 bits per heavy atom. The summed E-state index contributed by atoms with van der Waals surface area (Å²) in [5, 5.41) is 7.95. The van der Waals surface area contributed by atoms with Gasteiger partial charge in [-0.25, -0.2) is 4.68 Å². The Hall–Kier alpha value is -1.62. The van der Waals surface area contributed by atoms with Crippen molar-refractivity contribution < 1.29 is 0 Å². The SMILES string of the molecule is Cn1cccc1CN1CCC(n2ccnn2)C1. The molecule has 3 rings (SSSR count). The number of rotatable bonds is 3. The summed E-state index contributed by atoms with van der Waals surface area (Å²) in [6.45, 7) is 3.22. The fourth-order valence-corrected chi connectivity index (χ4v) is 2.47. The van der Waals surface area contributed by atoms with Crippen molar-refractivity contribution in [1.82, 2.24) is 24.5 Å². The molecule has 17 heavy (non-hydrogen) atoms. The first kappa shape index (κ1) is 10.5. The van der Waals surface area contributed by atoms with Gasteiger partial charge in [-0.05, 0) is 18.6 Å². The molecule has 0 spiro atoms. The summed E-state index contributed by atoms with van der Waals surface area (Å²) in [5.74, 6) is 0. The Kier molecular flexibility index (Phi) is 2.68. The molecule has 2 aromatic heterocycles. The lowest BCUT2D eigenvalue weighted by Crippen LogP contribution is -2.22. The smallest absolute Gasteiger partial charge is 0.0693 e. The molecule has 1 saturated heterocycles. The predicted octanol–water partition coefficient (Wildman–Crippen LogP) is 1.06. The van der Waals surface area contributed by atoms with Crippen molar-refractivity contribution in [2.24, 2.45) is 7.05 Å². The van der Waals surface area contributed by atoms with E-state index in [0.29, 0.717) is 6.04 Å². The minimum Gasteiger partial charge on any atom is -0.353 e. The van der Waals surface area contributed by atoms with Crippen LogP contribution in [0.3, 0.4) is 0 Å². The molecule has 1 atom stereocenters. The van der Waals surface area contributed by atoms with E-state index < -0.39 is 0 Å². The average molecular weight is 231 g/mol. The minimum atomic E-state index is 0.484. The summed E-state index contributed by atoms with van der Waals surface area (Å²) < 4.78 is 4.16. The van der Waals surface area contributed by atoms with E-state index >= 15 is 0 Å². The van der Waals surface area contributed by atoms with E-state index in [9.17, 15) is 0 Å². The Balaban J connectivity index is 1.63. The minimum absolute atomic E-state index is 0.484. The van der Waals surface area contributed by atoms with Gasteiger partial charge >= 0.3 is 0 Å². The Morgan fingerprint density at radius 1 is 1.41 bits per heavy atom. The van der Waals surface area contributed by atoms with Gasteiger partial charge in [0, 0.05) is 44.8 Å². The lowest BCUT2D eigenvalue weighted by atomic mass is 10.3. The van der Waals surface area contributed by atoms with Crippen molar-refractivity contribution in [3.63, 3.8) is 0 Å². The van der Waals surface area contributed by atoms with E-state index in [0.717, 1.165) is 26.1 Å². The molecule has 0 saturated carbocycles. The highest BCUT2D eigenvalue weighted by molar-refractivity contribution is 5.06. The van der Waals surface area contributed by atoms with Gasteiger partial charge in [-0.2, -0.15) is 0 Å². The summed E-state index contributed by atoms with van der Waals surface area (Å²) in [7, 11) is 2.10. The van der Waals surface area contributed by atoms with E-state index in [1.165, 1.54) is 5.69 Å². The second kappa shape index (κ2) is 4.33. The zero-order valence-corrected chi connectivity index (χ0v) is 10.0. The molecule has 90 valence electrons. The number of nitrogens with zero attached hydrogens (tertiary/aromatic N) is 5. The number of aryl methyl sites for hydroxylation is 1. The topological polar surface area (TPSA) is 38.9 Å². The predicted molar refractivity (Wildman–Crippen MR) is 64.4 cm³/mol. The van der Waals surface area contributed by atoms with Gasteiger partial charge in [-0.1, -0.05) is 5.21 Å². The summed E-state index contributed by atoms with van der Waals surface area (Å²) in [5.41, 5.74) is 1.37. The van der Waals surface area contributed by atoms with Crippen molar-refractivity contribution in [1.29, 1.82) is 0 Å². The van der Waals surface area contributed by atoms with Crippen molar-refractivity contribution in [2.75, 3.05) is 13.1 Å². The molecular weight excluding hydrogens is 214 g/mol. The van der Waals surface area contributed by atoms with E-state index in [1.54, 1.807) is 6.20 Å². The first-order valence-electron chi connectivity index (χ1n) is 6.01. The van der Waals surface area contributed by atoms with Crippen molar-refractivity contribution in [3.05, 3.63) is 36.4 Å². The number of hydrogen-bond donors (Lipinski definition) is 0. The third kappa shape index (κ3) is 2.10. The van der Waals surface area contributed by atoms with Gasteiger partial charge in [0.2, 0.25) is 0 Å². The number of hydrogen-bond acceptors (Lipinski definition) is 3. The van der Waals surface area contributed by atoms with Crippen LogP contribution in [0, 0.1) is 0 Å². The molecule has 1 unspecified atom stereocenters. The van der Waals surface area contributed by atoms with E-state index in [2.05, 4.69) is 45.2 Å². The summed E-state index contributed by atoms with van der Waals surface area (Å²) in [6.07, 6.45) is 6.96. The van der Waals surface area contributed by atoms with E-state index in [1.807, 2.05) is 10.9 Å².